The maximum Gasteiger partial charge on any atom is 0.0133 e. The van der Waals surface area contributed by atoms with Gasteiger partial charge in [0.2, 0.25) is 0 Å². The van der Waals surface area contributed by atoms with Crippen LogP contribution in [-0.2, 0) is 0 Å². The van der Waals surface area contributed by atoms with Crippen molar-refractivity contribution in [3.8, 4) is 12.0 Å². The Balaban J connectivity index is 4.52. The summed E-state index contributed by atoms with van der Waals surface area (Å²) in [6.07, 6.45) is 6.45. The highest BCUT2D eigenvalue weighted by atomic mass is 14.8. The van der Waals surface area contributed by atoms with Crippen LogP contribution in [0.5, 0.6) is 0 Å². The number of hydrogen-bond acceptors (Lipinski definition) is 1. The minimum Gasteiger partial charge on any atom is -0.322 e. The molecule has 1 heteroatoms. The SMILES string of the molecule is CCC(C)CC#CN/C=C\C(C)(C(C)C)C(C)(C)C. The van der Waals surface area contributed by atoms with E-state index < -0.39 is 0 Å². The first-order valence-electron chi connectivity index (χ1n) is 7.56. The maximum atomic E-state index is 3.18. The average Bonchev–Trinajstić information content (AvgIpc) is 2.30. The summed E-state index contributed by atoms with van der Waals surface area (Å²) in [5.74, 6) is 4.46. The molecule has 0 rings (SSSR count). The van der Waals surface area contributed by atoms with Crippen molar-refractivity contribution in [2.45, 2.75) is 68.2 Å². The Morgan fingerprint density at radius 1 is 1.11 bits per heavy atom. The van der Waals surface area contributed by atoms with E-state index in [1.807, 2.05) is 6.20 Å². The molecule has 2 unspecified atom stereocenters. The fourth-order valence-corrected chi connectivity index (χ4v) is 1.99. The largest absolute Gasteiger partial charge is 0.322 e. The van der Waals surface area contributed by atoms with Crippen molar-refractivity contribution >= 4 is 0 Å². The molecule has 0 aliphatic rings. The van der Waals surface area contributed by atoms with E-state index >= 15 is 0 Å². The van der Waals surface area contributed by atoms with Gasteiger partial charge in [-0.3, -0.25) is 0 Å². The van der Waals surface area contributed by atoms with Crippen LogP contribution in [0.15, 0.2) is 12.3 Å². The van der Waals surface area contributed by atoms with Crippen LogP contribution in [0.1, 0.15) is 68.2 Å². The average molecular weight is 263 g/mol. The van der Waals surface area contributed by atoms with Gasteiger partial charge >= 0.3 is 0 Å². The second-order valence-electron chi connectivity index (χ2n) is 7.18. The lowest BCUT2D eigenvalue weighted by Gasteiger charge is -2.43. The molecule has 0 amide bonds. The molecular formula is C18H33N. The van der Waals surface area contributed by atoms with Crippen LogP contribution >= 0.6 is 0 Å². The summed E-state index contributed by atoms with van der Waals surface area (Å²) in [6.45, 7) is 18.2. The van der Waals surface area contributed by atoms with Gasteiger partial charge in [-0.1, -0.05) is 73.8 Å². The number of nitrogens with one attached hydrogen (secondary N) is 1. The zero-order valence-corrected chi connectivity index (χ0v) is 14.2. The van der Waals surface area contributed by atoms with Gasteiger partial charge in [0.25, 0.3) is 0 Å². The van der Waals surface area contributed by atoms with Crippen molar-refractivity contribution in [2.75, 3.05) is 0 Å². The van der Waals surface area contributed by atoms with E-state index in [4.69, 9.17) is 0 Å². The summed E-state index contributed by atoms with van der Waals surface area (Å²) in [5, 5.41) is 3.11. The van der Waals surface area contributed by atoms with E-state index in [1.54, 1.807) is 0 Å². The van der Waals surface area contributed by atoms with Crippen LogP contribution in [0.25, 0.3) is 0 Å². The van der Waals surface area contributed by atoms with Crippen molar-refractivity contribution in [1.29, 1.82) is 0 Å². The molecule has 1 nitrogen and oxygen atoms in total. The van der Waals surface area contributed by atoms with Crippen molar-refractivity contribution < 1.29 is 0 Å². The molecule has 0 radical (unpaired) electrons. The molecule has 0 aliphatic heterocycles. The molecule has 0 fully saturated rings. The Hall–Kier alpha value is -0.900. The minimum absolute atomic E-state index is 0.165. The molecule has 0 aliphatic carbocycles. The van der Waals surface area contributed by atoms with Crippen LogP contribution in [0.4, 0.5) is 0 Å². The third-order valence-corrected chi connectivity index (χ3v) is 4.64. The monoisotopic (exact) mass is 263 g/mol. The van der Waals surface area contributed by atoms with Gasteiger partial charge < -0.3 is 5.32 Å². The Kier molecular flexibility index (Phi) is 7.27. The van der Waals surface area contributed by atoms with Crippen LogP contribution in [0, 0.1) is 34.6 Å². The fourth-order valence-electron chi connectivity index (χ4n) is 1.99. The van der Waals surface area contributed by atoms with Gasteiger partial charge in [-0.15, -0.1) is 0 Å². The first-order chi connectivity index (χ1) is 8.65. The second-order valence-corrected chi connectivity index (χ2v) is 7.18. The van der Waals surface area contributed by atoms with Crippen molar-refractivity contribution in [3.63, 3.8) is 0 Å². The highest BCUT2D eigenvalue weighted by Crippen LogP contribution is 2.45. The van der Waals surface area contributed by atoms with Gasteiger partial charge in [0.05, 0.1) is 0 Å². The summed E-state index contributed by atoms with van der Waals surface area (Å²) in [5.41, 5.74) is 0.405. The van der Waals surface area contributed by atoms with Gasteiger partial charge in [-0.05, 0) is 22.7 Å². The Labute approximate surface area is 121 Å². The van der Waals surface area contributed by atoms with Gasteiger partial charge in [-0.2, -0.15) is 0 Å². The molecule has 1 N–H and O–H groups in total. The normalized spacial score (nSPS) is 16.9. The predicted octanol–water partition coefficient (Wildman–Crippen LogP) is 5.20. The molecule has 0 aromatic rings. The Bertz CT molecular complexity index is 335. The van der Waals surface area contributed by atoms with Crippen molar-refractivity contribution in [2.24, 2.45) is 22.7 Å². The van der Waals surface area contributed by atoms with Crippen LogP contribution < -0.4 is 5.32 Å². The molecule has 110 valence electrons. The van der Waals surface area contributed by atoms with Gasteiger partial charge in [0.1, 0.15) is 0 Å². The molecule has 0 heterocycles. The molecule has 0 bridgehead atoms. The minimum atomic E-state index is 0.165. The van der Waals surface area contributed by atoms with Crippen LogP contribution in [-0.4, -0.2) is 0 Å². The zero-order chi connectivity index (χ0) is 15.1. The van der Waals surface area contributed by atoms with Crippen molar-refractivity contribution in [3.05, 3.63) is 12.3 Å². The maximum absolute atomic E-state index is 3.18. The summed E-state index contributed by atoms with van der Waals surface area (Å²) in [6, 6.07) is 3.03. The number of allylic oxidation sites excluding steroid dienone is 1. The second kappa shape index (κ2) is 7.63. The summed E-state index contributed by atoms with van der Waals surface area (Å²) >= 11 is 0. The van der Waals surface area contributed by atoms with Crippen LogP contribution in [0.3, 0.4) is 0 Å². The summed E-state index contributed by atoms with van der Waals surface area (Å²) < 4.78 is 0. The number of rotatable bonds is 5. The molecule has 2 atom stereocenters. The first kappa shape index (κ1) is 18.1. The molecule has 0 saturated carbocycles. The van der Waals surface area contributed by atoms with E-state index in [0.717, 1.165) is 6.42 Å². The fraction of sp³-hybridized carbons (Fsp3) is 0.778. The molecule has 0 aromatic carbocycles. The topological polar surface area (TPSA) is 12.0 Å². The zero-order valence-electron chi connectivity index (χ0n) is 14.2. The molecular weight excluding hydrogens is 230 g/mol. The van der Waals surface area contributed by atoms with Crippen molar-refractivity contribution in [1.82, 2.24) is 5.32 Å². The van der Waals surface area contributed by atoms with Crippen LogP contribution in [0.2, 0.25) is 0 Å². The molecule has 0 aromatic heterocycles. The molecule has 0 spiro atoms. The Morgan fingerprint density at radius 3 is 2.11 bits per heavy atom. The van der Waals surface area contributed by atoms with Gasteiger partial charge in [0, 0.05) is 18.7 Å². The lowest BCUT2D eigenvalue weighted by molar-refractivity contribution is 0.108. The standard InChI is InChI=1S/C18H33N/c1-9-16(4)11-10-13-19-14-12-18(8,15(2)3)17(5,6)7/h12,14-16,19H,9,11H2,1-8H3/b14-12-. The third-order valence-electron chi connectivity index (χ3n) is 4.64. The molecule has 19 heavy (non-hydrogen) atoms. The van der Waals surface area contributed by atoms with E-state index in [2.05, 4.69) is 78.7 Å². The Morgan fingerprint density at radius 2 is 1.68 bits per heavy atom. The van der Waals surface area contributed by atoms with E-state index in [9.17, 15) is 0 Å². The quantitative estimate of drug-likeness (QED) is 0.531. The third kappa shape index (κ3) is 5.72. The van der Waals surface area contributed by atoms with E-state index in [1.165, 1.54) is 6.42 Å². The predicted molar refractivity (Wildman–Crippen MR) is 86.5 cm³/mol. The summed E-state index contributed by atoms with van der Waals surface area (Å²) in [4.78, 5) is 0. The molecule has 0 saturated heterocycles. The highest BCUT2D eigenvalue weighted by Gasteiger charge is 2.37. The smallest absolute Gasteiger partial charge is 0.0133 e. The number of hydrogen-bond donors (Lipinski definition) is 1. The lowest BCUT2D eigenvalue weighted by atomic mass is 9.62. The highest BCUT2D eigenvalue weighted by molar-refractivity contribution is 5.08. The first-order valence-corrected chi connectivity index (χ1v) is 7.56. The van der Waals surface area contributed by atoms with E-state index in [-0.39, 0.29) is 10.8 Å². The van der Waals surface area contributed by atoms with Gasteiger partial charge in [-0.25, -0.2) is 0 Å². The lowest BCUT2D eigenvalue weighted by Crippen LogP contribution is -2.36. The summed E-state index contributed by atoms with van der Waals surface area (Å²) in [7, 11) is 0. The van der Waals surface area contributed by atoms with E-state index in [0.29, 0.717) is 11.8 Å². The van der Waals surface area contributed by atoms with Gasteiger partial charge in [0.15, 0.2) is 0 Å².